The number of aromatic nitrogens is 2. The van der Waals surface area contributed by atoms with Crippen LogP contribution in [0.1, 0.15) is 42.3 Å². The molecule has 1 aromatic heterocycles. The van der Waals surface area contributed by atoms with E-state index in [4.69, 9.17) is 10.7 Å². The van der Waals surface area contributed by atoms with Crippen LogP contribution in [0.25, 0.3) is 11.3 Å². The predicted molar refractivity (Wildman–Crippen MR) is 81.4 cm³/mol. The Morgan fingerprint density at radius 1 is 1.05 bits per heavy atom. The lowest BCUT2D eigenvalue weighted by molar-refractivity contribution is 0.715. The van der Waals surface area contributed by atoms with E-state index in [0.29, 0.717) is 5.92 Å². The smallest absolute Gasteiger partial charge is 0.131 e. The number of rotatable bonds is 2. The molecule has 2 rings (SSSR count). The van der Waals surface area contributed by atoms with Gasteiger partial charge >= 0.3 is 0 Å². The third-order valence-corrected chi connectivity index (χ3v) is 3.79. The maximum atomic E-state index is 6.23. The summed E-state index contributed by atoms with van der Waals surface area (Å²) in [5, 5.41) is 0. The molecule has 0 aliphatic heterocycles. The highest BCUT2D eigenvalue weighted by Gasteiger charge is 2.17. The van der Waals surface area contributed by atoms with Crippen LogP contribution >= 0.6 is 0 Å². The van der Waals surface area contributed by atoms with Gasteiger partial charge in [0.2, 0.25) is 0 Å². The van der Waals surface area contributed by atoms with Crippen LogP contribution in [0.4, 0.5) is 5.82 Å². The molecule has 19 heavy (non-hydrogen) atoms. The number of hydrogen-bond donors (Lipinski definition) is 1. The lowest BCUT2D eigenvalue weighted by atomic mass is 9.99. The Hall–Kier alpha value is -1.77. The minimum absolute atomic E-state index is 0.368. The molecule has 1 aromatic carbocycles. The minimum Gasteiger partial charge on any atom is -0.383 e. The van der Waals surface area contributed by atoms with Crippen LogP contribution in [0, 0.1) is 20.8 Å². The molecule has 2 N–H and O–H groups in total. The van der Waals surface area contributed by atoms with Crippen molar-refractivity contribution >= 4 is 5.82 Å². The van der Waals surface area contributed by atoms with Crippen LogP contribution in [-0.2, 0) is 7.05 Å². The van der Waals surface area contributed by atoms with Crippen molar-refractivity contribution < 1.29 is 0 Å². The van der Waals surface area contributed by atoms with Crippen LogP contribution < -0.4 is 5.73 Å². The lowest BCUT2D eigenvalue weighted by Crippen LogP contribution is -2.03. The van der Waals surface area contributed by atoms with Crippen molar-refractivity contribution in [2.75, 3.05) is 5.73 Å². The van der Waals surface area contributed by atoms with Crippen molar-refractivity contribution in [1.82, 2.24) is 9.55 Å². The van der Waals surface area contributed by atoms with Gasteiger partial charge in [-0.25, -0.2) is 4.98 Å². The van der Waals surface area contributed by atoms with E-state index in [-0.39, 0.29) is 0 Å². The summed E-state index contributed by atoms with van der Waals surface area (Å²) in [5.41, 5.74) is 12.1. The zero-order valence-electron chi connectivity index (χ0n) is 12.7. The predicted octanol–water partition coefficient (Wildman–Crippen LogP) is 3.72. The summed E-state index contributed by atoms with van der Waals surface area (Å²) >= 11 is 0. The lowest BCUT2D eigenvalue weighted by Gasteiger charge is -2.08. The molecular weight excluding hydrogens is 234 g/mol. The number of nitrogens with two attached hydrogens (primary N) is 1. The fraction of sp³-hybridized carbons (Fsp3) is 0.438. The SMILES string of the molecule is Cc1cc(C)c(-c2nc(C(C)C)n(C)c2N)cc1C. The highest BCUT2D eigenvalue weighted by Crippen LogP contribution is 2.32. The Morgan fingerprint density at radius 2 is 1.63 bits per heavy atom. The molecule has 0 saturated carbocycles. The molecule has 0 fully saturated rings. The van der Waals surface area contributed by atoms with Gasteiger partial charge in [0.15, 0.2) is 0 Å². The van der Waals surface area contributed by atoms with Crippen molar-refractivity contribution in [2.24, 2.45) is 7.05 Å². The average Bonchev–Trinajstić information content (AvgIpc) is 2.62. The van der Waals surface area contributed by atoms with E-state index in [2.05, 4.69) is 46.8 Å². The number of aryl methyl sites for hydroxylation is 3. The molecule has 3 heteroatoms. The fourth-order valence-electron chi connectivity index (χ4n) is 2.46. The maximum absolute atomic E-state index is 6.23. The molecule has 0 atom stereocenters. The standard InChI is InChI=1S/C16H23N3/c1-9(2)16-18-14(15(17)19(16)6)13-8-11(4)10(3)7-12(13)5/h7-9H,17H2,1-6H3. The van der Waals surface area contributed by atoms with Crippen LogP contribution in [0.3, 0.4) is 0 Å². The normalized spacial score (nSPS) is 11.3. The molecule has 3 nitrogen and oxygen atoms in total. The topological polar surface area (TPSA) is 43.8 Å². The van der Waals surface area contributed by atoms with E-state index < -0.39 is 0 Å². The Morgan fingerprint density at radius 3 is 2.16 bits per heavy atom. The second-order valence-electron chi connectivity index (χ2n) is 5.67. The van der Waals surface area contributed by atoms with Crippen LogP contribution in [-0.4, -0.2) is 9.55 Å². The first-order valence-electron chi connectivity index (χ1n) is 6.73. The van der Waals surface area contributed by atoms with Gasteiger partial charge in [-0.3, -0.25) is 0 Å². The molecule has 0 radical (unpaired) electrons. The Bertz CT molecular complexity index is 621. The van der Waals surface area contributed by atoms with Gasteiger partial charge in [0.05, 0.1) is 0 Å². The average molecular weight is 257 g/mol. The van der Waals surface area contributed by atoms with E-state index >= 15 is 0 Å². The second kappa shape index (κ2) is 4.72. The van der Waals surface area contributed by atoms with Crippen molar-refractivity contribution in [1.29, 1.82) is 0 Å². The maximum Gasteiger partial charge on any atom is 0.131 e. The van der Waals surface area contributed by atoms with E-state index in [1.54, 1.807) is 0 Å². The molecule has 0 unspecified atom stereocenters. The summed E-state index contributed by atoms with van der Waals surface area (Å²) in [4.78, 5) is 4.75. The first-order chi connectivity index (χ1) is 8.82. The summed E-state index contributed by atoms with van der Waals surface area (Å²) in [6.45, 7) is 10.6. The highest BCUT2D eigenvalue weighted by atomic mass is 15.1. The summed E-state index contributed by atoms with van der Waals surface area (Å²) in [5.74, 6) is 2.15. The number of imidazole rings is 1. The number of anilines is 1. The highest BCUT2D eigenvalue weighted by molar-refractivity contribution is 5.74. The number of hydrogen-bond acceptors (Lipinski definition) is 2. The molecule has 0 saturated heterocycles. The molecule has 1 heterocycles. The van der Waals surface area contributed by atoms with Gasteiger partial charge in [0.25, 0.3) is 0 Å². The summed E-state index contributed by atoms with van der Waals surface area (Å²) in [7, 11) is 1.98. The summed E-state index contributed by atoms with van der Waals surface area (Å²) in [6, 6.07) is 4.39. The third kappa shape index (κ3) is 2.25. The molecule has 2 aromatic rings. The minimum atomic E-state index is 0.368. The zero-order chi connectivity index (χ0) is 14.3. The van der Waals surface area contributed by atoms with Gasteiger partial charge in [-0.1, -0.05) is 19.9 Å². The Kier molecular flexibility index (Phi) is 3.40. The van der Waals surface area contributed by atoms with E-state index in [9.17, 15) is 0 Å². The molecule has 0 aliphatic carbocycles. The molecule has 0 aliphatic rings. The zero-order valence-corrected chi connectivity index (χ0v) is 12.7. The Labute approximate surface area is 115 Å². The van der Waals surface area contributed by atoms with Crippen LogP contribution in [0.15, 0.2) is 12.1 Å². The van der Waals surface area contributed by atoms with Crippen molar-refractivity contribution in [3.63, 3.8) is 0 Å². The van der Waals surface area contributed by atoms with Crippen LogP contribution in [0.2, 0.25) is 0 Å². The van der Waals surface area contributed by atoms with Gasteiger partial charge in [-0.2, -0.15) is 0 Å². The van der Waals surface area contributed by atoms with E-state index in [1.165, 1.54) is 16.7 Å². The number of benzene rings is 1. The summed E-state index contributed by atoms with van der Waals surface area (Å²) < 4.78 is 1.99. The van der Waals surface area contributed by atoms with Gasteiger partial charge in [-0.05, 0) is 43.5 Å². The second-order valence-corrected chi connectivity index (χ2v) is 5.67. The largest absolute Gasteiger partial charge is 0.383 e. The van der Waals surface area contributed by atoms with E-state index in [0.717, 1.165) is 22.9 Å². The quantitative estimate of drug-likeness (QED) is 0.891. The van der Waals surface area contributed by atoms with Crippen LogP contribution in [0.5, 0.6) is 0 Å². The van der Waals surface area contributed by atoms with Gasteiger partial charge in [0.1, 0.15) is 17.3 Å². The molecule has 102 valence electrons. The molecule has 0 amide bonds. The van der Waals surface area contributed by atoms with Crippen molar-refractivity contribution in [3.8, 4) is 11.3 Å². The first kappa shape index (κ1) is 13.7. The van der Waals surface area contributed by atoms with Gasteiger partial charge < -0.3 is 10.3 Å². The molecule has 0 spiro atoms. The summed E-state index contributed by atoms with van der Waals surface area (Å²) in [6.07, 6.45) is 0. The third-order valence-electron chi connectivity index (χ3n) is 3.79. The molecular formula is C16H23N3. The van der Waals surface area contributed by atoms with Crippen molar-refractivity contribution in [3.05, 3.63) is 34.6 Å². The van der Waals surface area contributed by atoms with Gasteiger partial charge in [-0.15, -0.1) is 0 Å². The van der Waals surface area contributed by atoms with Gasteiger partial charge in [0, 0.05) is 18.5 Å². The monoisotopic (exact) mass is 257 g/mol. The van der Waals surface area contributed by atoms with E-state index in [1.807, 2.05) is 11.6 Å². The molecule has 0 bridgehead atoms. The Balaban J connectivity index is 2.66. The fourth-order valence-corrected chi connectivity index (χ4v) is 2.46. The number of nitrogens with zero attached hydrogens (tertiary/aromatic N) is 2. The van der Waals surface area contributed by atoms with Crippen molar-refractivity contribution in [2.45, 2.75) is 40.5 Å². The first-order valence-corrected chi connectivity index (χ1v) is 6.73. The number of nitrogen functional groups attached to an aromatic ring is 1.